The summed E-state index contributed by atoms with van der Waals surface area (Å²) in [5.74, 6) is 0.528. The topological polar surface area (TPSA) is 142 Å². The van der Waals surface area contributed by atoms with Gasteiger partial charge >= 0.3 is 0 Å². The van der Waals surface area contributed by atoms with Crippen LogP contribution < -0.4 is 5.32 Å². The molecule has 6 aromatic heterocycles. The molecule has 0 saturated heterocycles. The van der Waals surface area contributed by atoms with E-state index in [1.54, 1.807) is 31.7 Å². The first-order valence-corrected chi connectivity index (χ1v) is 13.5. The number of anilines is 1. The molecule has 0 aliphatic rings. The van der Waals surface area contributed by atoms with Crippen LogP contribution >= 0.6 is 11.3 Å². The molecule has 0 spiro atoms. The molecule has 6 aromatic rings. The number of carbonyl (C=O) groups excluding carboxylic acids is 2. The number of pyridine rings is 3. The van der Waals surface area contributed by atoms with Gasteiger partial charge in [-0.05, 0) is 42.7 Å². The lowest BCUT2D eigenvalue weighted by Crippen LogP contribution is -2.19. The zero-order valence-electron chi connectivity index (χ0n) is 22.4. The summed E-state index contributed by atoms with van der Waals surface area (Å²) in [5.41, 5.74) is 5.54. The first-order valence-electron chi connectivity index (χ1n) is 12.7. The number of rotatable bonds is 6. The third kappa shape index (κ3) is 4.98. The van der Waals surface area contributed by atoms with Crippen LogP contribution in [0.2, 0.25) is 0 Å². The summed E-state index contributed by atoms with van der Waals surface area (Å²) in [4.78, 5) is 47.4. The molecule has 0 radical (unpaired) electrons. The summed E-state index contributed by atoms with van der Waals surface area (Å²) < 4.78 is 0. The number of nitrogens with zero attached hydrogens (tertiary/aromatic N) is 5. The van der Waals surface area contributed by atoms with Gasteiger partial charge in [0.15, 0.2) is 17.3 Å². The predicted molar refractivity (Wildman–Crippen MR) is 156 cm³/mol. The van der Waals surface area contributed by atoms with Gasteiger partial charge in [-0.25, -0.2) is 9.97 Å². The van der Waals surface area contributed by atoms with Gasteiger partial charge in [0.1, 0.15) is 5.69 Å². The summed E-state index contributed by atoms with van der Waals surface area (Å²) in [6.07, 6.45) is 7.16. The van der Waals surface area contributed by atoms with Gasteiger partial charge in [0.25, 0.3) is 0 Å². The SMILES string of the molecule is CC(=O)c1ccc(-c2ccnc3nc(-c4n[nH]c5cnc(-c6cncc(NC(=O)CC(C)(C)C)c6)cc45)[nH]c23)s1. The van der Waals surface area contributed by atoms with Crippen molar-refractivity contribution in [1.82, 2.24) is 35.1 Å². The Bertz CT molecular complexity index is 1910. The van der Waals surface area contributed by atoms with Crippen molar-refractivity contribution in [2.45, 2.75) is 34.1 Å². The number of imidazole rings is 1. The van der Waals surface area contributed by atoms with Gasteiger partial charge < -0.3 is 10.3 Å². The smallest absolute Gasteiger partial charge is 0.224 e. The van der Waals surface area contributed by atoms with Gasteiger partial charge in [-0.15, -0.1) is 11.3 Å². The molecule has 0 aromatic carbocycles. The highest BCUT2D eigenvalue weighted by Crippen LogP contribution is 2.35. The Morgan fingerprint density at radius 1 is 1.05 bits per heavy atom. The average molecular weight is 551 g/mol. The number of amides is 1. The number of aromatic amines is 2. The minimum Gasteiger partial charge on any atom is -0.335 e. The van der Waals surface area contributed by atoms with E-state index in [0.29, 0.717) is 39.8 Å². The standard InChI is InChI=1S/C29H26N8O2S/c1-15(38)22-5-6-23(40-22)18-7-8-31-27-25(18)34-28(35-27)26-19-10-20(32-14-21(19)36-37-26)16-9-17(13-30-12-16)33-24(39)11-29(2,3)4/h5-10,12-14H,11H2,1-4H3,(H,33,39)(H,36,37)(H,31,34,35). The summed E-state index contributed by atoms with van der Waals surface area (Å²) in [6, 6.07) is 9.46. The molecule has 6 heterocycles. The fourth-order valence-electron chi connectivity index (χ4n) is 4.49. The number of Topliss-reactive ketones (excluding diaryl/α,β-unsaturated/α-hetero) is 1. The first-order chi connectivity index (χ1) is 19.1. The number of nitrogens with one attached hydrogen (secondary N) is 3. The average Bonchev–Trinajstić information content (AvgIpc) is 3.65. The third-order valence-electron chi connectivity index (χ3n) is 6.29. The van der Waals surface area contributed by atoms with Crippen LogP contribution in [0, 0.1) is 5.41 Å². The van der Waals surface area contributed by atoms with Crippen molar-refractivity contribution in [1.29, 1.82) is 0 Å². The van der Waals surface area contributed by atoms with Crippen LogP contribution in [0.15, 0.2) is 55.1 Å². The second kappa shape index (κ2) is 9.76. The number of ketones is 1. The van der Waals surface area contributed by atoms with Crippen LogP contribution in [-0.4, -0.2) is 46.8 Å². The summed E-state index contributed by atoms with van der Waals surface area (Å²) >= 11 is 1.44. The maximum atomic E-state index is 12.4. The van der Waals surface area contributed by atoms with Crippen molar-refractivity contribution in [2.75, 3.05) is 5.32 Å². The van der Waals surface area contributed by atoms with E-state index in [-0.39, 0.29) is 17.1 Å². The molecule has 0 saturated carbocycles. The Morgan fingerprint density at radius 2 is 1.90 bits per heavy atom. The van der Waals surface area contributed by atoms with Gasteiger partial charge in [0.2, 0.25) is 5.91 Å². The number of hydrogen-bond donors (Lipinski definition) is 3. The van der Waals surface area contributed by atoms with Crippen molar-refractivity contribution in [2.24, 2.45) is 5.41 Å². The van der Waals surface area contributed by atoms with Crippen molar-refractivity contribution in [3.8, 4) is 33.2 Å². The van der Waals surface area contributed by atoms with Gasteiger partial charge in [-0.2, -0.15) is 5.10 Å². The van der Waals surface area contributed by atoms with Crippen LogP contribution in [0.3, 0.4) is 0 Å². The molecule has 1 amide bonds. The lowest BCUT2D eigenvalue weighted by Gasteiger charge is -2.17. The van der Waals surface area contributed by atoms with E-state index in [2.05, 4.69) is 35.5 Å². The quantitative estimate of drug-likeness (QED) is 0.208. The molecule has 0 atom stereocenters. The monoisotopic (exact) mass is 550 g/mol. The molecule has 6 rings (SSSR count). The molecule has 0 bridgehead atoms. The molecule has 10 nitrogen and oxygen atoms in total. The molecule has 200 valence electrons. The van der Waals surface area contributed by atoms with E-state index < -0.39 is 0 Å². The Balaban J connectivity index is 1.36. The molecule has 0 aliphatic carbocycles. The van der Waals surface area contributed by atoms with Gasteiger partial charge in [-0.3, -0.25) is 24.7 Å². The summed E-state index contributed by atoms with van der Waals surface area (Å²) in [7, 11) is 0. The van der Waals surface area contributed by atoms with Crippen LogP contribution in [-0.2, 0) is 4.79 Å². The third-order valence-corrected chi connectivity index (χ3v) is 7.51. The van der Waals surface area contributed by atoms with Gasteiger partial charge in [0.05, 0.1) is 39.7 Å². The van der Waals surface area contributed by atoms with Crippen molar-refractivity contribution < 1.29 is 9.59 Å². The number of H-pyrrole nitrogens is 2. The lowest BCUT2D eigenvalue weighted by molar-refractivity contribution is -0.117. The second-order valence-electron chi connectivity index (χ2n) is 10.8. The fourth-order valence-corrected chi connectivity index (χ4v) is 5.42. The van der Waals surface area contributed by atoms with Gasteiger partial charge in [0, 0.05) is 40.2 Å². The number of carbonyl (C=O) groups is 2. The molecule has 3 N–H and O–H groups in total. The molecule has 11 heteroatoms. The van der Waals surface area contributed by atoms with Crippen molar-refractivity contribution in [3.63, 3.8) is 0 Å². The van der Waals surface area contributed by atoms with Crippen molar-refractivity contribution >= 4 is 50.8 Å². The molecular formula is C29H26N8O2S. The Labute approximate surface area is 233 Å². The normalized spacial score (nSPS) is 11.8. The minimum absolute atomic E-state index is 0.0345. The first kappa shape index (κ1) is 25.5. The number of thiophene rings is 1. The van der Waals surface area contributed by atoms with E-state index in [4.69, 9.17) is 4.98 Å². The predicted octanol–water partition coefficient (Wildman–Crippen LogP) is 6.26. The summed E-state index contributed by atoms with van der Waals surface area (Å²) in [6.45, 7) is 7.63. The zero-order valence-corrected chi connectivity index (χ0v) is 23.2. The number of aromatic nitrogens is 7. The Morgan fingerprint density at radius 3 is 2.67 bits per heavy atom. The van der Waals surface area contributed by atoms with E-state index in [1.165, 1.54) is 11.3 Å². The highest BCUT2D eigenvalue weighted by molar-refractivity contribution is 7.17. The Kier molecular flexibility index (Phi) is 6.22. The van der Waals surface area contributed by atoms with E-state index >= 15 is 0 Å². The minimum atomic E-state index is -0.117. The van der Waals surface area contributed by atoms with E-state index in [0.717, 1.165) is 32.4 Å². The maximum Gasteiger partial charge on any atom is 0.224 e. The molecule has 0 unspecified atom stereocenters. The largest absolute Gasteiger partial charge is 0.335 e. The molecule has 0 aliphatic heterocycles. The van der Waals surface area contributed by atoms with Crippen LogP contribution in [0.1, 0.15) is 43.8 Å². The lowest BCUT2D eigenvalue weighted by atomic mass is 9.92. The molecular weight excluding hydrogens is 524 g/mol. The highest BCUT2D eigenvalue weighted by Gasteiger charge is 2.19. The Hall–Kier alpha value is -4.77. The molecule has 40 heavy (non-hydrogen) atoms. The number of fused-ring (bicyclic) bond motifs is 2. The van der Waals surface area contributed by atoms with Crippen LogP contribution in [0.25, 0.3) is 55.3 Å². The van der Waals surface area contributed by atoms with E-state index in [1.807, 2.05) is 51.1 Å². The summed E-state index contributed by atoms with van der Waals surface area (Å²) in [5, 5.41) is 11.3. The van der Waals surface area contributed by atoms with Crippen LogP contribution in [0.5, 0.6) is 0 Å². The highest BCUT2D eigenvalue weighted by atomic mass is 32.1. The second-order valence-corrected chi connectivity index (χ2v) is 11.9. The maximum absolute atomic E-state index is 12.4. The molecule has 0 fully saturated rings. The van der Waals surface area contributed by atoms with Crippen molar-refractivity contribution in [3.05, 3.63) is 60.0 Å². The fraction of sp³-hybridized carbons (Fsp3) is 0.207. The number of hydrogen-bond acceptors (Lipinski definition) is 8. The van der Waals surface area contributed by atoms with Crippen LogP contribution in [0.4, 0.5) is 5.69 Å². The van der Waals surface area contributed by atoms with Gasteiger partial charge in [-0.1, -0.05) is 20.8 Å². The zero-order chi connectivity index (χ0) is 28.0. The van der Waals surface area contributed by atoms with E-state index in [9.17, 15) is 9.59 Å².